The third kappa shape index (κ3) is 1.92. The summed E-state index contributed by atoms with van der Waals surface area (Å²) in [6.07, 6.45) is 0. The van der Waals surface area contributed by atoms with E-state index in [2.05, 4.69) is 20.7 Å². The largest absolute Gasteiger partial charge is 0.508 e. The highest BCUT2D eigenvalue weighted by Gasteiger charge is 2.16. The van der Waals surface area contributed by atoms with Crippen molar-refractivity contribution in [3.8, 4) is 5.75 Å². The van der Waals surface area contributed by atoms with E-state index in [9.17, 15) is 0 Å². The number of benzene rings is 1. The van der Waals surface area contributed by atoms with Crippen molar-refractivity contribution >= 4 is 23.1 Å². The summed E-state index contributed by atoms with van der Waals surface area (Å²) in [5.41, 5.74) is 14.7. The van der Waals surface area contributed by atoms with Gasteiger partial charge in [-0.2, -0.15) is 5.10 Å². The van der Waals surface area contributed by atoms with Crippen molar-refractivity contribution in [2.24, 2.45) is 26.8 Å². The van der Waals surface area contributed by atoms with Crippen LogP contribution in [0.25, 0.3) is 0 Å². The van der Waals surface area contributed by atoms with Gasteiger partial charge in [-0.15, -0.1) is 10.2 Å². The van der Waals surface area contributed by atoms with Gasteiger partial charge >= 0.3 is 0 Å². The minimum absolute atomic E-state index is 0.170. The van der Waals surface area contributed by atoms with Crippen molar-refractivity contribution in [2.75, 3.05) is 5.43 Å². The zero-order valence-electron chi connectivity index (χ0n) is 8.25. The molecule has 7 heteroatoms. The minimum atomic E-state index is 0.170. The molecule has 1 aromatic rings. The van der Waals surface area contributed by atoms with Crippen LogP contribution in [0.15, 0.2) is 39.6 Å². The van der Waals surface area contributed by atoms with Gasteiger partial charge in [-0.05, 0) is 24.3 Å². The van der Waals surface area contributed by atoms with Gasteiger partial charge in [-0.1, -0.05) is 0 Å². The van der Waals surface area contributed by atoms with E-state index in [1.54, 1.807) is 12.1 Å². The lowest BCUT2D eigenvalue weighted by molar-refractivity contribution is 0.475. The van der Waals surface area contributed by atoms with Crippen LogP contribution in [-0.4, -0.2) is 22.5 Å². The fourth-order valence-electron chi connectivity index (χ4n) is 1.10. The molecule has 7 nitrogen and oxygen atoms in total. The Balaban J connectivity index is 2.12. The first kappa shape index (κ1) is 9.97. The molecule has 0 saturated heterocycles. The molecule has 0 aliphatic carbocycles. The van der Waals surface area contributed by atoms with Crippen molar-refractivity contribution in [3.63, 3.8) is 0 Å². The molecule has 0 aromatic heterocycles. The molecule has 0 unspecified atom stereocenters. The molecule has 0 bridgehead atoms. The molecule has 2 rings (SSSR count). The van der Waals surface area contributed by atoms with Gasteiger partial charge in [0.2, 0.25) is 0 Å². The topological polar surface area (TPSA) is 121 Å². The third-order valence-electron chi connectivity index (χ3n) is 1.91. The van der Waals surface area contributed by atoms with Crippen LogP contribution in [0.3, 0.4) is 0 Å². The van der Waals surface area contributed by atoms with E-state index in [0.29, 0.717) is 11.4 Å². The number of hydrogen-bond donors (Lipinski definition) is 4. The van der Waals surface area contributed by atoms with Crippen LogP contribution in [0.2, 0.25) is 0 Å². The first-order valence-corrected chi connectivity index (χ1v) is 4.47. The molecule has 0 saturated carbocycles. The fourth-order valence-corrected chi connectivity index (χ4v) is 1.10. The average molecular weight is 218 g/mol. The van der Waals surface area contributed by atoms with Gasteiger partial charge in [0.25, 0.3) is 0 Å². The average Bonchev–Trinajstić information content (AvgIpc) is 2.59. The lowest BCUT2D eigenvalue weighted by Gasteiger charge is -2.02. The molecule has 1 aromatic carbocycles. The predicted molar refractivity (Wildman–Crippen MR) is 62.4 cm³/mol. The van der Waals surface area contributed by atoms with E-state index in [1.165, 1.54) is 12.1 Å². The molecular formula is C9H10N6O. The molecule has 0 atom stereocenters. The van der Waals surface area contributed by atoms with Crippen molar-refractivity contribution in [2.45, 2.75) is 0 Å². The Morgan fingerprint density at radius 1 is 1.06 bits per heavy atom. The zero-order valence-corrected chi connectivity index (χ0v) is 8.25. The van der Waals surface area contributed by atoms with Crippen LogP contribution in [0.1, 0.15) is 0 Å². The van der Waals surface area contributed by atoms with E-state index in [0.717, 1.165) is 0 Å². The summed E-state index contributed by atoms with van der Waals surface area (Å²) in [4.78, 5) is 0. The number of hydrazone groups is 1. The Morgan fingerprint density at radius 3 is 2.19 bits per heavy atom. The number of nitrogens with zero attached hydrogens (tertiary/aromatic N) is 3. The maximum absolute atomic E-state index is 9.08. The summed E-state index contributed by atoms with van der Waals surface area (Å²) < 4.78 is 0. The van der Waals surface area contributed by atoms with Gasteiger partial charge in [0, 0.05) is 0 Å². The first-order valence-electron chi connectivity index (χ1n) is 4.47. The van der Waals surface area contributed by atoms with Crippen LogP contribution in [0, 0.1) is 0 Å². The molecule has 0 radical (unpaired) electrons. The highest BCUT2D eigenvalue weighted by Crippen LogP contribution is 2.13. The second kappa shape index (κ2) is 3.89. The summed E-state index contributed by atoms with van der Waals surface area (Å²) in [5.74, 6) is 0.522. The van der Waals surface area contributed by atoms with Gasteiger partial charge in [0.15, 0.2) is 17.4 Å². The predicted octanol–water partition coefficient (Wildman–Crippen LogP) is -0.197. The van der Waals surface area contributed by atoms with Crippen molar-refractivity contribution in [3.05, 3.63) is 24.3 Å². The van der Waals surface area contributed by atoms with Crippen LogP contribution in [-0.2, 0) is 0 Å². The van der Waals surface area contributed by atoms with Crippen molar-refractivity contribution < 1.29 is 5.11 Å². The molecule has 0 amide bonds. The highest BCUT2D eigenvalue weighted by atomic mass is 16.3. The summed E-state index contributed by atoms with van der Waals surface area (Å²) in [6, 6.07) is 6.39. The molecule has 1 aliphatic rings. The maximum atomic E-state index is 9.08. The number of hydrogen-bond acceptors (Lipinski definition) is 7. The Labute approximate surface area is 91.2 Å². The van der Waals surface area contributed by atoms with Crippen molar-refractivity contribution in [1.82, 2.24) is 0 Å². The number of nitrogens with one attached hydrogen (secondary N) is 1. The molecule has 0 fully saturated rings. The minimum Gasteiger partial charge on any atom is -0.508 e. The standard InChI is InChI=1S/C9H10N6O/c10-8-7(9(11)15-14-8)13-12-5-1-3-6(16)4-2-5/h1-4,12,16H,(H4,10,11,13,14,15). The molecular weight excluding hydrogens is 208 g/mol. The fraction of sp³-hybridized carbons (Fsp3) is 0. The SMILES string of the molecule is NC1=NN=C(N)C1=NNc1ccc(O)cc1. The molecule has 6 N–H and O–H groups in total. The summed E-state index contributed by atoms with van der Waals surface area (Å²) in [6.45, 7) is 0. The normalized spacial score (nSPS) is 14.4. The number of phenolic OH excluding ortho intramolecular Hbond substituents is 1. The van der Waals surface area contributed by atoms with Gasteiger partial charge in [-0.3, -0.25) is 5.43 Å². The quantitative estimate of drug-likeness (QED) is 0.405. The van der Waals surface area contributed by atoms with Crippen LogP contribution in [0.5, 0.6) is 5.75 Å². The summed E-state index contributed by atoms with van der Waals surface area (Å²) in [5, 5.41) is 20.2. The van der Waals surface area contributed by atoms with Crippen LogP contribution >= 0.6 is 0 Å². The zero-order chi connectivity index (χ0) is 11.5. The number of phenols is 1. The Kier molecular flexibility index (Phi) is 2.42. The summed E-state index contributed by atoms with van der Waals surface area (Å²) >= 11 is 0. The lowest BCUT2D eigenvalue weighted by atomic mass is 10.3. The van der Waals surface area contributed by atoms with Crippen LogP contribution < -0.4 is 16.9 Å². The molecule has 0 spiro atoms. The van der Waals surface area contributed by atoms with E-state index in [-0.39, 0.29) is 17.4 Å². The monoisotopic (exact) mass is 218 g/mol. The first-order chi connectivity index (χ1) is 7.66. The molecule has 1 aliphatic heterocycles. The van der Waals surface area contributed by atoms with Gasteiger partial charge in [0.05, 0.1) is 5.69 Å². The van der Waals surface area contributed by atoms with E-state index in [1.807, 2.05) is 0 Å². The van der Waals surface area contributed by atoms with E-state index >= 15 is 0 Å². The smallest absolute Gasteiger partial charge is 0.177 e. The summed E-state index contributed by atoms with van der Waals surface area (Å²) in [7, 11) is 0. The van der Waals surface area contributed by atoms with E-state index in [4.69, 9.17) is 16.6 Å². The van der Waals surface area contributed by atoms with E-state index < -0.39 is 0 Å². The Bertz CT molecular complexity index is 467. The molecule has 16 heavy (non-hydrogen) atoms. The van der Waals surface area contributed by atoms with Crippen LogP contribution in [0.4, 0.5) is 5.69 Å². The second-order valence-corrected chi connectivity index (χ2v) is 3.09. The Morgan fingerprint density at radius 2 is 1.62 bits per heavy atom. The number of rotatable bonds is 2. The third-order valence-corrected chi connectivity index (χ3v) is 1.91. The Hall–Kier alpha value is -2.57. The van der Waals surface area contributed by atoms with Gasteiger partial charge in [-0.25, -0.2) is 0 Å². The van der Waals surface area contributed by atoms with Gasteiger partial charge < -0.3 is 16.6 Å². The lowest BCUT2D eigenvalue weighted by Crippen LogP contribution is -2.32. The van der Waals surface area contributed by atoms with Crippen molar-refractivity contribution in [1.29, 1.82) is 0 Å². The highest BCUT2D eigenvalue weighted by molar-refractivity contribution is 6.68. The molecule has 82 valence electrons. The number of anilines is 1. The second-order valence-electron chi connectivity index (χ2n) is 3.09. The number of amidine groups is 2. The number of nitrogens with two attached hydrogens (primary N) is 2. The maximum Gasteiger partial charge on any atom is 0.177 e. The molecule has 1 heterocycles. The van der Waals surface area contributed by atoms with Gasteiger partial charge in [0.1, 0.15) is 5.75 Å². The number of aromatic hydroxyl groups is 1.